The number of nitrogens with one attached hydrogen (secondary N) is 2. The normalized spacial score (nSPS) is 11.8. The van der Waals surface area contributed by atoms with Crippen LogP contribution in [0.5, 0.6) is 5.75 Å². The maximum Gasteiger partial charge on any atom is 0.269 e. The van der Waals surface area contributed by atoms with Crippen LogP contribution in [-0.4, -0.2) is 30.2 Å². The highest BCUT2D eigenvalue weighted by Gasteiger charge is 2.15. The average molecular weight is 356 g/mol. The highest BCUT2D eigenvalue weighted by atomic mass is 16.6. The zero-order valence-electron chi connectivity index (χ0n) is 14.5. The van der Waals surface area contributed by atoms with Gasteiger partial charge in [0.2, 0.25) is 0 Å². The molecule has 8 nitrogen and oxygen atoms in total. The van der Waals surface area contributed by atoms with Gasteiger partial charge in [-0.1, -0.05) is 6.92 Å². The first-order valence-electron chi connectivity index (χ1n) is 8.01. The lowest BCUT2D eigenvalue weighted by Gasteiger charge is -2.16. The molecule has 0 aliphatic rings. The van der Waals surface area contributed by atoms with Crippen molar-refractivity contribution in [3.63, 3.8) is 0 Å². The minimum Gasteiger partial charge on any atom is -0.497 e. The number of amides is 1. The van der Waals surface area contributed by atoms with Gasteiger partial charge in [0.25, 0.3) is 11.6 Å². The molecule has 0 aromatic heterocycles. The van der Waals surface area contributed by atoms with Gasteiger partial charge in [-0.2, -0.15) is 5.10 Å². The summed E-state index contributed by atoms with van der Waals surface area (Å²) in [6, 6.07) is 12.7. The van der Waals surface area contributed by atoms with Gasteiger partial charge in [0, 0.05) is 17.8 Å². The number of nitro groups is 1. The van der Waals surface area contributed by atoms with E-state index in [0.29, 0.717) is 12.0 Å². The summed E-state index contributed by atoms with van der Waals surface area (Å²) < 4.78 is 5.10. The fourth-order valence-electron chi connectivity index (χ4n) is 2.17. The van der Waals surface area contributed by atoms with Crippen LogP contribution in [0.2, 0.25) is 0 Å². The Hall–Kier alpha value is -3.42. The van der Waals surface area contributed by atoms with Crippen LogP contribution < -0.4 is 15.5 Å². The molecule has 0 saturated heterocycles. The predicted octanol–water partition coefficient (Wildman–Crippen LogP) is 2.94. The maximum absolute atomic E-state index is 12.2. The highest BCUT2D eigenvalue weighted by molar-refractivity contribution is 5.86. The molecule has 0 saturated carbocycles. The molecule has 2 N–H and O–H groups in total. The molecular weight excluding hydrogens is 336 g/mol. The maximum atomic E-state index is 12.2. The molecule has 0 aliphatic heterocycles. The summed E-state index contributed by atoms with van der Waals surface area (Å²) in [5.74, 6) is 0.460. The number of hydrogen-bond acceptors (Lipinski definition) is 6. The fraction of sp³-hybridized carbons (Fsp3) is 0.222. The van der Waals surface area contributed by atoms with Gasteiger partial charge in [0.05, 0.1) is 18.2 Å². The van der Waals surface area contributed by atoms with Gasteiger partial charge in [-0.25, -0.2) is 5.43 Å². The average Bonchev–Trinajstić information content (AvgIpc) is 2.66. The Morgan fingerprint density at radius 1 is 1.23 bits per heavy atom. The third kappa shape index (κ3) is 5.30. The van der Waals surface area contributed by atoms with Crippen LogP contribution >= 0.6 is 0 Å². The van der Waals surface area contributed by atoms with Crippen LogP contribution in [0.25, 0.3) is 0 Å². The van der Waals surface area contributed by atoms with Gasteiger partial charge in [0.15, 0.2) is 0 Å². The van der Waals surface area contributed by atoms with E-state index in [2.05, 4.69) is 15.8 Å². The van der Waals surface area contributed by atoms with E-state index in [1.807, 2.05) is 19.1 Å². The highest BCUT2D eigenvalue weighted by Crippen LogP contribution is 2.16. The quantitative estimate of drug-likeness (QED) is 0.430. The van der Waals surface area contributed by atoms with Gasteiger partial charge in [-0.3, -0.25) is 14.9 Å². The Morgan fingerprint density at radius 3 is 2.42 bits per heavy atom. The molecule has 26 heavy (non-hydrogen) atoms. The summed E-state index contributed by atoms with van der Waals surface area (Å²) in [6.07, 6.45) is 2.01. The zero-order chi connectivity index (χ0) is 18.9. The molecule has 0 radical (unpaired) electrons. The van der Waals surface area contributed by atoms with Crippen molar-refractivity contribution in [3.8, 4) is 5.75 Å². The number of ether oxygens (including phenoxy) is 1. The van der Waals surface area contributed by atoms with Crippen LogP contribution in [0, 0.1) is 10.1 Å². The topological polar surface area (TPSA) is 106 Å². The van der Waals surface area contributed by atoms with Gasteiger partial charge in [-0.05, 0) is 48.4 Å². The van der Waals surface area contributed by atoms with Crippen molar-refractivity contribution in [2.75, 3.05) is 12.4 Å². The molecule has 2 rings (SSSR count). The smallest absolute Gasteiger partial charge is 0.269 e. The van der Waals surface area contributed by atoms with Gasteiger partial charge in [-0.15, -0.1) is 0 Å². The van der Waals surface area contributed by atoms with E-state index in [0.717, 1.165) is 11.4 Å². The second kappa shape index (κ2) is 9.16. The number of benzene rings is 2. The molecule has 0 spiro atoms. The minimum atomic E-state index is -0.473. The Kier molecular flexibility index (Phi) is 6.67. The molecule has 8 heteroatoms. The van der Waals surface area contributed by atoms with Crippen molar-refractivity contribution in [1.29, 1.82) is 0 Å². The van der Waals surface area contributed by atoms with E-state index in [4.69, 9.17) is 4.74 Å². The van der Waals surface area contributed by atoms with E-state index < -0.39 is 11.0 Å². The molecule has 0 fully saturated rings. The molecular formula is C18H20N4O4. The fourth-order valence-corrected chi connectivity index (χ4v) is 2.17. The summed E-state index contributed by atoms with van der Waals surface area (Å²) in [5.41, 5.74) is 3.92. The van der Waals surface area contributed by atoms with Crippen molar-refractivity contribution in [1.82, 2.24) is 5.43 Å². The van der Waals surface area contributed by atoms with E-state index in [-0.39, 0.29) is 11.6 Å². The van der Waals surface area contributed by atoms with Crippen LogP contribution in [0.3, 0.4) is 0 Å². The number of rotatable bonds is 8. The monoisotopic (exact) mass is 356 g/mol. The third-order valence-corrected chi connectivity index (χ3v) is 3.65. The Bertz CT molecular complexity index is 773. The molecule has 0 heterocycles. The largest absolute Gasteiger partial charge is 0.497 e. The van der Waals surface area contributed by atoms with Crippen molar-refractivity contribution in [3.05, 3.63) is 64.2 Å². The predicted molar refractivity (Wildman–Crippen MR) is 99.5 cm³/mol. The SMILES string of the molecule is CC[C@@H](Nc1ccc(OC)cc1)C(=O)N/N=C\c1ccc([N+](=O)[O-])cc1. The number of anilines is 1. The van der Waals surface area contributed by atoms with E-state index in [9.17, 15) is 14.9 Å². The first-order chi connectivity index (χ1) is 12.5. The minimum absolute atomic E-state index is 0.000856. The summed E-state index contributed by atoms with van der Waals surface area (Å²) in [7, 11) is 1.59. The molecule has 0 bridgehead atoms. The number of hydrogen-bond donors (Lipinski definition) is 2. The number of carbonyl (C=O) groups is 1. The summed E-state index contributed by atoms with van der Waals surface area (Å²) in [5, 5.41) is 17.6. The van der Waals surface area contributed by atoms with Crippen LogP contribution in [-0.2, 0) is 4.79 Å². The third-order valence-electron chi connectivity index (χ3n) is 3.65. The van der Waals surface area contributed by atoms with Crippen molar-refractivity contribution in [2.45, 2.75) is 19.4 Å². The van der Waals surface area contributed by atoms with Crippen molar-refractivity contribution >= 4 is 23.5 Å². The summed E-state index contributed by atoms with van der Waals surface area (Å²) in [4.78, 5) is 22.4. The molecule has 2 aromatic rings. The number of hydrazone groups is 1. The number of nitrogens with zero attached hydrogens (tertiary/aromatic N) is 2. The molecule has 136 valence electrons. The van der Waals surface area contributed by atoms with E-state index in [1.54, 1.807) is 31.4 Å². The molecule has 1 atom stereocenters. The first-order valence-corrected chi connectivity index (χ1v) is 8.01. The van der Waals surface area contributed by atoms with Crippen LogP contribution in [0.4, 0.5) is 11.4 Å². The lowest BCUT2D eigenvalue weighted by Crippen LogP contribution is -2.36. The molecule has 0 unspecified atom stereocenters. The number of non-ortho nitro benzene ring substituents is 1. The summed E-state index contributed by atoms with van der Waals surface area (Å²) in [6.45, 7) is 1.89. The Morgan fingerprint density at radius 2 is 1.88 bits per heavy atom. The zero-order valence-corrected chi connectivity index (χ0v) is 14.5. The number of carbonyl (C=O) groups excluding carboxylic acids is 1. The lowest BCUT2D eigenvalue weighted by molar-refractivity contribution is -0.384. The van der Waals surface area contributed by atoms with Gasteiger partial charge < -0.3 is 10.1 Å². The summed E-state index contributed by atoms with van der Waals surface area (Å²) >= 11 is 0. The van der Waals surface area contributed by atoms with Gasteiger partial charge in [0.1, 0.15) is 11.8 Å². The molecule has 0 aliphatic carbocycles. The second-order valence-electron chi connectivity index (χ2n) is 5.42. The lowest BCUT2D eigenvalue weighted by atomic mass is 10.2. The van der Waals surface area contributed by atoms with Gasteiger partial charge >= 0.3 is 0 Å². The van der Waals surface area contributed by atoms with E-state index in [1.165, 1.54) is 18.3 Å². The standard InChI is InChI=1S/C18H20N4O4/c1-3-17(20-14-6-10-16(26-2)11-7-14)18(23)21-19-12-13-4-8-15(9-5-13)22(24)25/h4-12,17,20H,3H2,1-2H3,(H,21,23)/b19-12-/t17-/m1/s1. The van der Waals surface area contributed by atoms with Crippen molar-refractivity contribution in [2.24, 2.45) is 5.10 Å². The number of methoxy groups -OCH3 is 1. The first kappa shape index (κ1) is 18.9. The Balaban J connectivity index is 1.92. The molecule has 1 amide bonds. The Labute approximate surface area is 151 Å². The second-order valence-corrected chi connectivity index (χ2v) is 5.42. The van der Waals surface area contributed by atoms with Crippen molar-refractivity contribution < 1.29 is 14.5 Å². The number of nitro benzene ring substituents is 1. The van der Waals surface area contributed by atoms with E-state index >= 15 is 0 Å². The van der Waals surface area contributed by atoms with Crippen LogP contribution in [0.15, 0.2) is 53.6 Å². The molecule has 2 aromatic carbocycles. The van der Waals surface area contributed by atoms with Crippen LogP contribution in [0.1, 0.15) is 18.9 Å².